The van der Waals surface area contributed by atoms with Crippen LogP contribution in [0.2, 0.25) is 0 Å². The number of benzene rings is 1. The Morgan fingerprint density at radius 1 is 1.15 bits per heavy atom. The van der Waals surface area contributed by atoms with Crippen molar-refractivity contribution < 1.29 is 19.8 Å². The van der Waals surface area contributed by atoms with Gasteiger partial charge in [0, 0.05) is 5.54 Å². The average Bonchev–Trinajstić information content (AvgIpc) is 2.54. The lowest BCUT2D eigenvalue weighted by molar-refractivity contribution is -0.149. The van der Waals surface area contributed by atoms with Crippen molar-refractivity contribution in [3.05, 3.63) is 29.8 Å². The minimum Gasteiger partial charge on any atom is -0.508 e. The van der Waals surface area contributed by atoms with Crippen LogP contribution in [0, 0.1) is 17.3 Å². The summed E-state index contributed by atoms with van der Waals surface area (Å²) in [4.78, 5) is 24.2. The first-order chi connectivity index (χ1) is 12.8. The van der Waals surface area contributed by atoms with Crippen LogP contribution in [0.15, 0.2) is 24.3 Å². The number of hydrogen-bond donors (Lipinski definition) is 4. The minimum absolute atomic E-state index is 0.157. The largest absolute Gasteiger partial charge is 0.508 e. The standard InChI is InChI=1S/C21H28N2O4/c22-17(6-13-1-3-16(24)4-2-13)19(27)23-21-9-14-5-15(10-21)8-20(7-14,12-21)11-18(25)26/h1-4,14-15,17,24H,5-12,22H2,(H,23,27)(H,25,26)/t14-,15?,17-,20?,21?/m0/s1. The van der Waals surface area contributed by atoms with Crippen LogP contribution >= 0.6 is 0 Å². The van der Waals surface area contributed by atoms with Gasteiger partial charge in [-0.05, 0) is 79.9 Å². The molecule has 4 aliphatic carbocycles. The van der Waals surface area contributed by atoms with E-state index in [2.05, 4.69) is 5.32 Å². The fourth-order valence-corrected chi connectivity index (χ4v) is 6.46. The molecule has 1 aromatic carbocycles. The lowest BCUT2D eigenvalue weighted by atomic mass is 9.46. The Bertz CT molecular complexity index is 731. The van der Waals surface area contributed by atoms with E-state index in [9.17, 15) is 19.8 Å². The molecular formula is C21H28N2O4. The van der Waals surface area contributed by atoms with Gasteiger partial charge in [-0.2, -0.15) is 0 Å². The Balaban J connectivity index is 1.45. The second-order valence-electron chi connectivity index (χ2n) is 9.28. The van der Waals surface area contributed by atoms with Crippen molar-refractivity contribution in [3.8, 4) is 5.75 Å². The van der Waals surface area contributed by atoms with Crippen molar-refractivity contribution in [1.29, 1.82) is 0 Å². The van der Waals surface area contributed by atoms with E-state index >= 15 is 0 Å². The van der Waals surface area contributed by atoms with E-state index in [4.69, 9.17) is 5.73 Å². The van der Waals surface area contributed by atoms with Gasteiger partial charge in [-0.25, -0.2) is 0 Å². The Hall–Kier alpha value is -2.08. The van der Waals surface area contributed by atoms with E-state index in [1.807, 2.05) is 0 Å². The van der Waals surface area contributed by atoms with Crippen LogP contribution < -0.4 is 11.1 Å². The molecule has 5 atom stereocenters. The summed E-state index contributed by atoms with van der Waals surface area (Å²) in [7, 11) is 0. The highest BCUT2D eigenvalue weighted by molar-refractivity contribution is 5.82. The van der Waals surface area contributed by atoms with Crippen LogP contribution in [0.25, 0.3) is 0 Å². The van der Waals surface area contributed by atoms with Crippen LogP contribution in [0.3, 0.4) is 0 Å². The number of carbonyl (C=O) groups excluding carboxylic acids is 1. The summed E-state index contributed by atoms with van der Waals surface area (Å²) in [6, 6.07) is 6.07. The van der Waals surface area contributed by atoms with Gasteiger partial charge in [-0.15, -0.1) is 0 Å². The Kier molecular flexibility index (Phi) is 4.41. The van der Waals surface area contributed by atoms with Crippen molar-refractivity contribution in [1.82, 2.24) is 5.32 Å². The molecule has 1 amide bonds. The summed E-state index contributed by atoms with van der Waals surface area (Å²) in [5.41, 5.74) is 6.62. The summed E-state index contributed by atoms with van der Waals surface area (Å²) in [6.45, 7) is 0. The maximum Gasteiger partial charge on any atom is 0.303 e. The summed E-state index contributed by atoms with van der Waals surface area (Å²) < 4.78 is 0. The first kappa shape index (κ1) is 18.3. The Labute approximate surface area is 159 Å². The van der Waals surface area contributed by atoms with Gasteiger partial charge in [-0.3, -0.25) is 9.59 Å². The number of nitrogens with one attached hydrogen (secondary N) is 1. The number of phenols is 1. The van der Waals surface area contributed by atoms with E-state index in [0.717, 1.165) is 37.7 Å². The van der Waals surface area contributed by atoms with Crippen molar-refractivity contribution in [2.75, 3.05) is 0 Å². The molecular weight excluding hydrogens is 344 g/mol. The van der Waals surface area contributed by atoms with E-state index in [1.54, 1.807) is 24.3 Å². The zero-order valence-electron chi connectivity index (χ0n) is 15.5. The molecule has 1 aromatic rings. The Morgan fingerprint density at radius 3 is 2.37 bits per heavy atom. The number of carbonyl (C=O) groups is 2. The highest BCUT2D eigenvalue weighted by atomic mass is 16.4. The number of hydrogen-bond acceptors (Lipinski definition) is 4. The molecule has 4 bridgehead atoms. The van der Waals surface area contributed by atoms with Gasteiger partial charge in [-0.1, -0.05) is 12.1 Å². The molecule has 4 aliphatic rings. The third-order valence-electron chi connectivity index (χ3n) is 6.83. The quantitative estimate of drug-likeness (QED) is 0.611. The highest BCUT2D eigenvalue weighted by Crippen LogP contribution is 2.62. The van der Waals surface area contributed by atoms with Crippen molar-refractivity contribution in [3.63, 3.8) is 0 Å². The first-order valence-corrected chi connectivity index (χ1v) is 9.84. The first-order valence-electron chi connectivity index (χ1n) is 9.84. The number of phenolic OH excluding ortho intramolecular Hbond substituents is 1. The number of nitrogens with two attached hydrogens (primary N) is 1. The number of carboxylic acids is 1. The van der Waals surface area contributed by atoms with E-state index in [1.165, 1.54) is 6.42 Å². The molecule has 5 rings (SSSR count). The molecule has 5 N–H and O–H groups in total. The van der Waals surface area contributed by atoms with Gasteiger partial charge < -0.3 is 21.3 Å². The molecule has 0 spiro atoms. The predicted octanol–water partition coefficient (Wildman–Crippen LogP) is 2.19. The molecule has 0 aliphatic heterocycles. The van der Waals surface area contributed by atoms with Crippen molar-refractivity contribution in [2.45, 2.75) is 62.9 Å². The predicted molar refractivity (Wildman–Crippen MR) is 100 cm³/mol. The smallest absolute Gasteiger partial charge is 0.303 e. The Morgan fingerprint density at radius 2 is 1.78 bits per heavy atom. The number of amides is 1. The average molecular weight is 372 g/mol. The van der Waals surface area contributed by atoms with Gasteiger partial charge in [0.15, 0.2) is 0 Å². The number of aromatic hydroxyl groups is 1. The van der Waals surface area contributed by atoms with Crippen molar-refractivity contribution >= 4 is 11.9 Å². The van der Waals surface area contributed by atoms with E-state index < -0.39 is 12.0 Å². The van der Waals surface area contributed by atoms with E-state index in [-0.39, 0.29) is 29.0 Å². The second-order valence-corrected chi connectivity index (χ2v) is 9.28. The fourth-order valence-electron chi connectivity index (χ4n) is 6.46. The van der Waals surface area contributed by atoms with Crippen LogP contribution in [0.5, 0.6) is 5.75 Å². The molecule has 3 unspecified atom stereocenters. The zero-order valence-corrected chi connectivity index (χ0v) is 15.5. The van der Waals surface area contributed by atoms with Crippen LogP contribution in [-0.2, 0) is 16.0 Å². The van der Waals surface area contributed by atoms with Gasteiger partial charge in [0.2, 0.25) is 5.91 Å². The molecule has 6 heteroatoms. The van der Waals surface area contributed by atoms with Gasteiger partial charge in [0.25, 0.3) is 0 Å². The van der Waals surface area contributed by atoms with Gasteiger partial charge >= 0.3 is 5.97 Å². The zero-order chi connectivity index (χ0) is 19.2. The topological polar surface area (TPSA) is 113 Å². The van der Waals surface area contributed by atoms with Crippen LogP contribution in [-0.4, -0.2) is 33.7 Å². The molecule has 6 nitrogen and oxygen atoms in total. The maximum absolute atomic E-state index is 12.8. The monoisotopic (exact) mass is 372 g/mol. The molecule has 0 saturated heterocycles. The SMILES string of the molecule is N[C@@H](Cc1ccc(O)cc1)C(=O)NC12CC3C[C@@H](CC(CC(=O)O)(C3)C1)C2. The van der Waals surface area contributed by atoms with Crippen molar-refractivity contribution in [2.24, 2.45) is 23.0 Å². The highest BCUT2D eigenvalue weighted by Gasteiger charge is 2.58. The molecule has 0 aromatic heterocycles. The molecule has 27 heavy (non-hydrogen) atoms. The number of carboxylic acid groups (broad SMARTS) is 1. The summed E-state index contributed by atoms with van der Waals surface area (Å²) in [6.07, 6.45) is 6.40. The van der Waals surface area contributed by atoms with E-state index in [0.29, 0.717) is 18.3 Å². The van der Waals surface area contributed by atoms with Gasteiger partial charge in [0.05, 0.1) is 12.5 Å². The molecule has 0 heterocycles. The lowest BCUT2D eigenvalue weighted by Crippen LogP contribution is -2.65. The molecule has 0 radical (unpaired) electrons. The molecule has 4 fully saturated rings. The normalized spacial score (nSPS) is 35.0. The summed E-state index contributed by atoms with van der Waals surface area (Å²) >= 11 is 0. The number of rotatable bonds is 6. The molecule has 4 saturated carbocycles. The summed E-state index contributed by atoms with van der Waals surface area (Å²) in [5, 5.41) is 22.0. The third kappa shape index (κ3) is 3.68. The van der Waals surface area contributed by atoms with Crippen LogP contribution in [0.4, 0.5) is 0 Å². The third-order valence-corrected chi connectivity index (χ3v) is 6.83. The maximum atomic E-state index is 12.8. The summed E-state index contributed by atoms with van der Waals surface area (Å²) in [5.74, 6) is 0.325. The van der Waals surface area contributed by atoms with Gasteiger partial charge in [0.1, 0.15) is 5.75 Å². The lowest BCUT2D eigenvalue weighted by Gasteiger charge is -2.62. The molecule has 146 valence electrons. The second kappa shape index (κ2) is 6.51. The fraction of sp³-hybridized carbons (Fsp3) is 0.619. The van der Waals surface area contributed by atoms with Crippen LogP contribution in [0.1, 0.15) is 50.5 Å². The minimum atomic E-state index is -0.734. The number of aliphatic carboxylic acids is 1.